The number of nitrogens with one attached hydrogen (secondary N) is 2. The molecule has 7 heteroatoms. The largest absolute Gasteiger partial charge is 0.463 e. The Morgan fingerprint density at radius 1 is 1.52 bits per heavy atom. The number of carbonyl (C=O) groups is 2. The summed E-state index contributed by atoms with van der Waals surface area (Å²) < 4.78 is 9.95. The third-order valence-corrected chi connectivity index (χ3v) is 2.53. The highest BCUT2D eigenvalue weighted by atomic mass is 16.5. The van der Waals surface area contributed by atoms with Crippen molar-refractivity contribution in [3.05, 3.63) is 41.9 Å². The second-order valence-corrected chi connectivity index (χ2v) is 4.18. The van der Waals surface area contributed by atoms with Gasteiger partial charge in [-0.3, -0.25) is 9.89 Å². The molecule has 0 bridgehead atoms. The fourth-order valence-electron chi connectivity index (χ4n) is 1.64. The van der Waals surface area contributed by atoms with Crippen molar-refractivity contribution in [3.8, 4) is 11.5 Å². The van der Waals surface area contributed by atoms with Gasteiger partial charge >= 0.3 is 5.97 Å². The Kier molecular flexibility index (Phi) is 4.55. The average molecular weight is 289 g/mol. The molecule has 2 aromatic rings. The van der Waals surface area contributed by atoms with E-state index in [9.17, 15) is 9.59 Å². The fourth-order valence-corrected chi connectivity index (χ4v) is 1.64. The smallest absolute Gasteiger partial charge is 0.332 e. The van der Waals surface area contributed by atoms with Crippen molar-refractivity contribution in [2.45, 2.75) is 13.8 Å². The zero-order valence-electron chi connectivity index (χ0n) is 11.7. The number of esters is 1. The van der Waals surface area contributed by atoms with Crippen LogP contribution in [-0.2, 0) is 9.53 Å². The van der Waals surface area contributed by atoms with Gasteiger partial charge in [0.15, 0.2) is 11.5 Å². The lowest BCUT2D eigenvalue weighted by molar-refractivity contribution is -0.137. The minimum Gasteiger partial charge on any atom is -0.463 e. The van der Waals surface area contributed by atoms with E-state index in [1.165, 1.54) is 12.3 Å². The first-order chi connectivity index (χ1) is 10.1. The number of amides is 1. The number of hydrogen-bond acceptors (Lipinski definition) is 5. The summed E-state index contributed by atoms with van der Waals surface area (Å²) in [6.07, 6.45) is 2.74. The topological polar surface area (TPSA) is 97.2 Å². The van der Waals surface area contributed by atoms with Crippen molar-refractivity contribution < 1.29 is 18.7 Å². The maximum absolute atomic E-state index is 12.0. The molecule has 0 atom stereocenters. The highest BCUT2D eigenvalue weighted by Gasteiger charge is 2.13. The van der Waals surface area contributed by atoms with Gasteiger partial charge in [0, 0.05) is 17.8 Å². The molecule has 0 saturated heterocycles. The Balaban J connectivity index is 2.02. The van der Waals surface area contributed by atoms with Crippen molar-refractivity contribution in [1.82, 2.24) is 15.5 Å². The second-order valence-electron chi connectivity index (χ2n) is 4.18. The first kappa shape index (κ1) is 14.6. The maximum Gasteiger partial charge on any atom is 0.332 e. The maximum atomic E-state index is 12.0. The molecule has 0 aliphatic carbocycles. The Morgan fingerprint density at radius 2 is 2.33 bits per heavy atom. The van der Waals surface area contributed by atoms with Crippen LogP contribution in [0.15, 0.2) is 40.7 Å². The van der Waals surface area contributed by atoms with Gasteiger partial charge in [-0.05, 0) is 26.0 Å². The van der Waals surface area contributed by atoms with Crippen molar-refractivity contribution in [2.75, 3.05) is 6.61 Å². The number of rotatable bonds is 5. The molecular formula is C14H15N3O4. The van der Waals surface area contributed by atoms with Gasteiger partial charge in [-0.1, -0.05) is 0 Å². The summed E-state index contributed by atoms with van der Waals surface area (Å²) in [5.74, 6) is -0.351. The second kappa shape index (κ2) is 6.56. The number of aromatic amines is 1. The molecule has 7 nitrogen and oxygen atoms in total. The van der Waals surface area contributed by atoms with E-state index in [1.807, 2.05) is 0 Å². The molecule has 2 heterocycles. The van der Waals surface area contributed by atoms with Gasteiger partial charge in [0.25, 0.3) is 5.91 Å². The van der Waals surface area contributed by atoms with Crippen LogP contribution in [0.2, 0.25) is 0 Å². The van der Waals surface area contributed by atoms with Crippen molar-refractivity contribution in [3.63, 3.8) is 0 Å². The molecule has 0 radical (unpaired) electrons. The van der Waals surface area contributed by atoms with Gasteiger partial charge < -0.3 is 14.5 Å². The molecule has 0 aliphatic heterocycles. The number of carbonyl (C=O) groups excluding carboxylic acids is 2. The number of H-pyrrole nitrogens is 1. The minimum absolute atomic E-state index is 0.193. The number of hydrogen-bond donors (Lipinski definition) is 2. The first-order valence-corrected chi connectivity index (χ1v) is 6.36. The summed E-state index contributed by atoms with van der Waals surface area (Å²) in [5.41, 5.74) is 1.16. The summed E-state index contributed by atoms with van der Waals surface area (Å²) in [6.45, 7) is 3.58. The quantitative estimate of drug-likeness (QED) is 0.647. The van der Waals surface area contributed by atoms with Crippen LogP contribution in [0.25, 0.3) is 11.5 Å². The van der Waals surface area contributed by atoms with Crippen LogP contribution in [0.1, 0.15) is 24.3 Å². The molecule has 2 N–H and O–H groups in total. The normalized spacial score (nSPS) is 11.2. The number of aromatic nitrogens is 2. The molecule has 0 saturated carbocycles. The van der Waals surface area contributed by atoms with Gasteiger partial charge in [0.2, 0.25) is 0 Å². The van der Waals surface area contributed by atoms with Crippen LogP contribution in [0.5, 0.6) is 0 Å². The zero-order valence-corrected chi connectivity index (χ0v) is 11.7. The molecule has 21 heavy (non-hydrogen) atoms. The monoisotopic (exact) mass is 289 g/mol. The third-order valence-electron chi connectivity index (χ3n) is 2.53. The predicted octanol–water partition coefficient (Wildman–Crippen LogP) is 1.87. The molecule has 0 aliphatic rings. The van der Waals surface area contributed by atoms with E-state index in [2.05, 4.69) is 15.5 Å². The van der Waals surface area contributed by atoms with E-state index in [1.54, 1.807) is 32.0 Å². The highest BCUT2D eigenvalue weighted by molar-refractivity contribution is 5.95. The van der Waals surface area contributed by atoms with Crippen LogP contribution in [0.4, 0.5) is 0 Å². The summed E-state index contributed by atoms with van der Waals surface area (Å²) in [4.78, 5) is 23.2. The lowest BCUT2D eigenvalue weighted by Gasteiger charge is -2.02. The van der Waals surface area contributed by atoms with E-state index >= 15 is 0 Å². The fraction of sp³-hybridized carbons (Fsp3) is 0.214. The Hall–Kier alpha value is -2.83. The Morgan fingerprint density at radius 3 is 3.00 bits per heavy atom. The van der Waals surface area contributed by atoms with Crippen molar-refractivity contribution in [1.29, 1.82) is 0 Å². The summed E-state index contributed by atoms with van der Waals surface area (Å²) in [5, 5.41) is 9.16. The van der Waals surface area contributed by atoms with Gasteiger partial charge in [0.1, 0.15) is 5.69 Å². The molecule has 110 valence electrons. The number of ether oxygens (including phenoxy) is 1. The van der Waals surface area contributed by atoms with Gasteiger partial charge in [-0.15, -0.1) is 0 Å². The lowest BCUT2D eigenvalue weighted by atomic mass is 10.3. The van der Waals surface area contributed by atoms with E-state index in [0.29, 0.717) is 17.2 Å². The van der Waals surface area contributed by atoms with E-state index in [-0.39, 0.29) is 12.3 Å². The summed E-state index contributed by atoms with van der Waals surface area (Å²) in [7, 11) is 0. The highest BCUT2D eigenvalue weighted by Crippen LogP contribution is 2.17. The number of furan rings is 1. The Bertz CT molecular complexity index is 656. The third kappa shape index (κ3) is 3.82. The van der Waals surface area contributed by atoms with Crippen molar-refractivity contribution in [2.24, 2.45) is 0 Å². The van der Waals surface area contributed by atoms with Crippen LogP contribution < -0.4 is 5.32 Å². The Labute approximate surface area is 121 Å². The standard InChI is InChI=1S/C14H15N3O4/c1-3-20-13(18)7-9(2)15-14(19)11-8-10(16-17-11)12-5-4-6-21-12/h4-8H,3H2,1-2H3,(H,15,19)(H,16,17)/b9-7+. The molecule has 0 aromatic carbocycles. The lowest BCUT2D eigenvalue weighted by Crippen LogP contribution is -2.22. The van der Waals surface area contributed by atoms with E-state index < -0.39 is 11.9 Å². The van der Waals surface area contributed by atoms with E-state index in [0.717, 1.165) is 0 Å². The predicted molar refractivity (Wildman–Crippen MR) is 74.1 cm³/mol. The van der Waals surface area contributed by atoms with Gasteiger partial charge in [-0.2, -0.15) is 5.10 Å². The first-order valence-electron chi connectivity index (χ1n) is 6.36. The summed E-state index contributed by atoms with van der Waals surface area (Å²) >= 11 is 0. The molecule has 0 spiro atoms. The summed E-state index contributed by atoms with van der Waals surface area (Å²) in [6, 6.07) is 5.05. The van der Waals surface area contributed by atoms with Crippen LogP contribution in [0.3, 0.4) is 0 Å². The van der Waals surface area contributed by atoms with E-state index in [4.69, 9.17) is 9.15 Å². The van der Waals surface area contributed by atoms with Gasteiger partial charge in [-0.25, -0.2) is 4.79 Å². The van der Waals surface area contributed by atoms with Crippen LogP contribution in [-0.4, -0.2) is 28.7 Å². The molecule has 0 unspecified atom stereocenters. The van der Waals surface area contributed by atoms with Crippen LogP contribution in [0, 0.1) is 0 Å². The molecule has 1 amide bonds. The number of nitrogens with zero attached hydrogens (tertiary/aromatic N) is 1. The molecular weight excluding hydrogens is 274 g/mol. The zero-order chi connectivity index (χ0) is 15.2. The SMILES string of the molecule is CCOC(=O)/C=C(\C)NC(=O)c1cc(-c2ccco2)[nH]n1. The average Bonchev–Trinajstić information content (AvgIpc) is 3.10. The number of allylic oxidation sites excluding steroid dienone is 1. The van der Waals surface area contributed by atoms with Crippen molar-refractivity contribution >= 4 is 11.9 Å². The van der Waals surface area contributed by atoms with Crippen LogP contribution >= 0.6 is 0 Å². The molecule has 2 aromatic heterocycles. The minimum atomic E-state index is -0.506. The molecule has 2 rings (SSSR count). The molecule has 0 fully saturated rings. The van der Waals surface area contributed by atoms with Gasteiger partial charge in [0.05, 0.1) is 12.9 Å².